The second-order valence-corrected chi connectivity index (χ2v) is 5.88. The highest BCUT2D eigenvalue weighted by atomic mass is 16.7. The Balaban J connectivity index is 1.79. The molecule has 6 nitrogen and oxygen atoms in total. The van der Waals surface area contributed by atoms with Gasteiger partial charge in [0.05, 0.1) is 19.8 Å². The van der Waals surface area contributed by atoms with E-state index < -0.39 is 0 Å². The molecule has 6 heteroatoms. The highest BCUT2D eigenvalue weighted by Gasteiger charge is 2.18. The van der Waals surface area contributed by atoms with Gasteiger partial charge in [-0.2, -0.15) is 5.26 Å². The van der Waals surface area contributed by atoms with E-state index in [1.165, 1.54) is 0 Å². The summed E-state index contributed by atoms with van der Waals surface area (Å²) in [7, 11) is 0. The lowest BCUT2D eigenvalue weighted by Crippen LogP contribution is -2.09. The summed E-state index contributed by atoms with van der Waals surface area (Å²) in [6, 6.07) is 10.2. The number of unbranched alkanes of at least 4 members (excludes halogenated alkanes) is 1. The Hall–Kier alpha value is -2.36. The summed E-state index contributed by atoms with van der Waals surface area (Å²) in [4.78, 5) is 4.38. The van der Waals surface area contributed by atoms with Gasteiger partial charge in [0.2, 0.25) is 0 Å². The predicted octanol–water partition coefficient (Wildman–Crippen LogP) is 2.77. The summed E-state index contributed by atoms with van der Waals surface area (Å²) in [6.45, 7) is 4.01. The van der Waals surface area contributed by atoms with Crippen LogP contribution in [0.5, 0.6) is 0 Å². The lowest BCUT2D eigenvalue weighted by molar-refractivity contribution is -0.0441. The van der Waals surface area contributed by atoms with Crippen molar-refractivity contribution in [2.24, 2.45) is 0 Å². The van der Waals surface area contributed by atoms with E-state index in [1.807, 2.05) is 28.8 Å². The molecule has 2 aromatic rings. The zero-order valence-corrected chi connectivity index (χ0v) is 13.9. The van der Waals surface area contributed by atoms with Crippen LogP contribution in [0.15, 0.2) is 24.3 Å². The normalized spacial score (nSPS) is 14.8. The maximum atomic E-state index is 9.17. The second kappa shape index (κ2) is 7.47. The lowest BCUT2D eigenvalue weighted by Gasteiger charge is -2.12. The Morgan fingerprint density at radius 2 is 2.00 bits per heavy atom. The van der Waals surface area contributed by atoms with Gasteiger partial charge in [0.25, 0.3) is 0 Å². The number of benzene rings is 1. The summed E-state index contributed by atoms with van der Waals surface area (Å²) in [5.74, 6) is 1.31. The van der Waals surface area contributed by atoms with E-state index in [-0.39, 0.29) is 6.29 Å². The zero-order valence-electron chi connectivity index (χ0n) is 13.9. The standard InChI is InChI=1S/C18H22N4O2/c1-2-3-4-16-21-15(11-19)17(20)22(16)12-13-5-7-14(8-6-13)18-23-9-10-24-18/h5-8,18H,2-4,9-10,12,20H2,1H3. The van der Waals surface area contributed by atoms with Gasteiger partial charge in [0.1, 0.15) is 17.7 Å². The molecule has 3 rings (SSSR count). The molecule has 1 aliphatic heterocycles. The van der Waals surface area contributed by atoms with Crippen molar-refractivity contribution in [3.8, 4) is 6.07 Å². The molecule has 0 spiro atoms. The molecule has 0 atom stereocenters. The number of nitrogen functional groups attached to an aromatic ring is 1. The van der Waals surface area contributed by atoms with Crippen molar-refractivity contribution in [1.82, 2.24) is 9.55 Å². The number of aryl methyl sites for hydroxylation is 1. The first-order valence-electron chi connectivity index (χ1n) is 8.30. The Labute approximate surface area is 141 Å². The highest BCUT2D eigenvalue weighted by Crippen LogP contribution is 2.24. The first kappa shape index (κ1) is 16.5. The second-order valence-electron chi connectivity index (χ2n) is 5.88. The molecule has 0 bridgehead atoms. The highest BCUT2D eigenvalue weighted by molar-refractivity contribution is 5.46. The minimum atomic E-state index is -0.261. The van der Waals surface area contributed by atoms with Crippen molar-refractivity contribution < 1.29 is 9.47 Å². The Kier molecular flexibility index (Phi) is 5.14. The number of aromatic nitrogens is 2. The van der Waals surface area contributed by atoms with Gasteiger partial charge in [-0.1, -0.05) is 37.6 Å². The molecule has 1 aromatic heterocycles. The van der Waals surface area contributed by atoms with E-state index in [4.69, 9.17) is 15.2 Å². The molecule has 1 aliphatic rings. The molecule has 24 heavy (non-hydrogen) atoms. The van der Waals surface area contributed by atoms with Crippen molar-refractivity contribution in [3.05, 3.63) is 46.9 Å². The molecule has 1 aromatic carbocycles. The minimum Gasteiger partial charge on any atom is -0.383 e. The first-order chi connectivity index (χ1) is 11.7. The summed E-state index contributed by atoms with van der Waals surface area (Å²) in [5, 5.41) is 9.17. The van der Waals surface area contributed by atoms with Crippen LogP contribution in [-0.4, -0.2) is 22.8 Å². The number of anilines is 1. The Bertz CT molecular complexity index is 725. The number of hydrogen-bond acceptors (Lipinski definition) is 5. The zero-order chi connectivity index (χ0) is 16.9. The molecule has 0 radical (unpaired) electrons. The number of hydrogen-bond donors (Lipinski definition) is 1. The van der Waals surface area contributed by atoms with Crippen LogP contribution in [-0.2, 0) is 22.4 Å². The quantitative estimate of drug-likeness (QED) is 0.882. The third-order valence-corrected chi connectivity index (χ3v) is 4.16. The van der Waals surface area contributed by atoms with Gasteiger partial charge in [0.15, 0.2) is 12.0 Å². The van der Waals surface area contributed by atoms with Crippen LogP contribution in [0.1, 0.15) is 48.7 Å². The summed E-state index contributed by atoms with van der Waals surface area (Å²) in [5.41, 5.74) is 8.53. The van der Waals surface area contributed by atoms with Gasteiger partial charge in [0, 0.05) is 12.0 Å². The topological polar surface area (TPSA) is 86.1 Å². The smallest absolute Gasteiger partial charge is 0.184 e. The average Bonchev–Trinajstić information content (AvgIpc) is 3.24. The predicted molar refractivity (Wildman–Crippen MR) is 90.2 cm³/mol. The van der Waals surface area contributed by atoms with Gasteiger partial charge in [-0.25, -0.2) is 4.98 Å². The number of rotatable bonds is 6. The van der Waals surface area contributed by atoms with Crippen LogP contribution in [0.2, 0.25) is 0 Å². The fraction of sp³-hybridized carbons (Fsp3) is 0.444. The van der Waals surface area contributed by atoms with E-state index >= 15 is 0 Å². The van der Waals surface area contributed by atoms with Gasteiger partial charge < -0.3 is 19.8 Å². The molecule has 0 amide bonds. The van der Waals surface area contributed by atoms with E-state index in [0.29, 0.717) is 31.3 Å². The average molecular weight is 326 g/mol. The fourth-order valence-corrected chi connectivity index (χ4v) is 2.81. The molecule has 1 saturated heterocycles. The fourth-order valence-electron chi connectivity index (χ4n) is 2.81. The summed E-state index contributed by atoms with van der Waals surface area (Å²) >= 11 is 0. The maximum Gasteiger partial charge on any atom is 0.184 e. The monoisotopic (exact) mass is 326 g/mol. The van der Waals surface area contributed by atoms with Crippen LogP contribution in [0.25, 0.3) is 0 Å². The van der Waals surface area contributed by atoms with E-state index in [1.54, 1.807) is 0 Å². The van der Waals surface area contributed by atoms with Gasteiger partial charge >= 0.3 is 0 Å². The van der Waals surface area contributed by atoms with Crippen molar-refractivity contribution in [3.63, 3.8) is 0 Å². The molecule has 126 valence electrons. The van der Waals surface area contributed by atoms with Crippen molar-refractivity contribution in [2.75, 3.05) is 18.9 Å². The molecular weight excluding hydrogens is 304 g/mol. The summed E-state index contributed by atoms with van der Waals surface area (Å²) < 4.78 is 12.9. The third-order valence-electron chi connectivity index (χ3n) is 4.16. The van der Waals surface area contributed by atoms with Gasteiger partial charge in [-0.15, -0.1) is 0 Å². The van der Waals surface area contributed by atoms with E-state index in [9.17, 15) is 5.26 Å². The van der Waals surface area contributed by atoms with Crippen LogP contribution >= 0.6 is 0 Å². The molecular formula is C18H22N4O2. The van der Waals surface area contributed by atoms with Crippen LogP contribution < -0.4 is 5.73 Å². The van der Waals surface area contributed by atoms with Crippen molar-refractivity contribution in [1.29, 1.82) is 5.26 Å². The number of nitrogens with zero attached hydrogens (tertiary/aromatic N) is 3. The molecule has 2 N–H and O–H groups in total. The molecule has 0 aliphatic carbocycles. The van der Waals surface area contributed by atoms with Crippen molar-refractivity contribution in [2.45, 2.75) is 39.0 Å². The molecule has 2 heterocycles. The van der Waals surface area contributed by atoms with Gasteiger partial charge in [-0.3, -0.25) is 0 Å². The minimum absolute atomic E-state index is 0.261. The number of nitriles is 1. The molecule has 0 saturated carbocycles. The molecule has 0 unspecified atom stereocenters. The Morgan fingerprint density at radius 3 is 2.62 bits per heavy atom. The lowest BCUT2D eigenvalue weighted by atomic mass is 10.1. The largest absolute Gasteiger partial charge is 0.383 e. The van der Waals surface area contributed by atoms with E-state index in [2.05, 4.69) is 18.0 Å². The number of imidazole rings is 1. The Morgan fingerprint density at radius 1 is 1.29 bits per heavy atom. The maximum absolute atomic E-state index is 9.17. The third kappa shape index (κ3) is 3.42. The number of nitrogens with two attached hydrogens (primary N) is 1. The van der Waals surface area contributed by atoms with Crippen LogP contribution in [0.3, 0.4) is 0 Å². The SMILES string of the molecule is CCCCc1nc(C#N)c(N)n1Cc1ccc(C2OCCO2)cc1. The summed E-state index contributed by atoms with van der Waals surface area (Å²) in [6.07, 6.45) is 2.66. The van der Waals surface area contributed by atoms with Crippen LogP contribution in [0, 0.1) is 11.3 Å². The molecule has 1 fully saturated rings. The van der Waals surface area contributed by atoms with E-state index in [0.717, 1.165) is 36.2 Å². The van der Waals surface area contributed by atoms with Crippen molar-refractivity contribution >= 4 is 5.82 Å². The van der Waals surface area contributed by atoms with Gasteiger partial charge in [-0.05, 0) is 12.0 Å². The first-order valence-corrected chi connectivity index (χ1v) is 8.30. The number of ether oxygens (including phenoxy) is 2. The van der Waals surface area contributed by atoms with Crippen LogP contribution in [0.4, 0.5) is 5.82 Å².